The number of carbonyl (C=O) groups excluding carboxylic acids is 1. The molecular formula is C18H28N2O5P+. The van der Waals surface area contributed by atoms with Crippen LogP contribution in [0, 0.1) is 6.92 Å². The van der Waals surface area contributed by atoms with Gasteiger partial charge in [0.1, 0.15) is 19.3 Å². The molecule has 0 saturated carbocycles. The molecule has 2 N–H and O–H groups in total. The van der Waals surface area contributed by atoms with E-state index in [0.717, 1.165) is 23.6 Å². The Hall–Kier alpha value is -1.50. The van der Waals surface area contributed by atoms with Crippen molar-refractivity contribution in [1.82, 2.24) is 5.32 Å². The Labute approximate surface area is 154 Å². The van der Waals surface area contributed by atoms with Crippen LogP contribution in [0.4, 0.5) is 0 Å². The van der Waals surface area contributed by atoms with Crippen molar-refractivity contribution in [3.05, 3.63) is 47.0 Å². The summed E-state index contributed by atoms with van der Waals surface area (Å²) in [5, 5.41) is 2.76. The topological polar surface area (TPSA) is 78.3 Å². The first-order valence-electron chi connectivity index (χ1n) is 8.90. The standard InChI is InChI=1S/C18H27N2O5P/c1-4-24-26(22,25-5-2)17(14-20-10-12-23-13-11-20)19-18(21)16-8-6-15(3)7-9-16/h6-9,14H,4-5,10-13H2,1-3H3,(H,19,21)/p+1. The first-order chi connectivity index (χ1) is 12.5. The molecule has 0 spiro atoms. The molecule has 0 radical (unpaired) electrons. The summed E-state index contributed by atoms with van der Waals surface area (Å²) in [6.07, 6.45) is 1.74. The molecule has 1 aromatic rings. The molecule has 0 aromatic heterocycles. The van der Waals surface area contributed by atoms with E-state index in [2.05, 4.69) is 5.32 Å². The first-order valence-corrected chi connectivity index (χ1v) is 10.4. The smallest absolute Gasteiger partial charge is 0.370 e. The van der Waals surface area contributed by atoms with Gasteiger partial charge in [-0.15, -0.1) is 0 Å². The molecule has 0 bridgehead atoms. The van der Waals surface area contributed by atoms with E-state index in [1.165, 1.54) is 0 Å². The molecule has 1 saturated heterocycles. The van der Waals surface area contributed by atoms with Crippen molar-refractivity contribution in [1.29, 1.82) is 0 Å². The van der Waals surface area contributed by atoms with Gasteiger partial charge in [-0.05, 0) is 32.9 Å². The average molecular weight is 383 g/mol. The molecule has 0 atom stereocenters. The Morgan fingerprint density at radius 3 is 2.31 bits per heavy atom. The van der Waals surface area contributed by atoms with E-state index in [9.17, 15) is 9.36 Å². The van der Waals surface area contributed by atoms with Gasteiger partial charge >= 0.3 is 7.60 Å². The van der Waals surface area contributed by atoms with E-state index in [1.807, 2.05) is 19.1 Å². The monoisotopic (exact) mass is 383 g/mol. The Morgan fingerprint density at radius 1 is 1.19 bits per heavy atom. The molecule has 0 aliphatic carbocycles. The number of morpholine rings is 1. The number of hydrogen-bond acceptors (Lipinski definition) is 5. The van der Waals surface area contributed by atoms with Crippen molar-refractivity contribution < 1.29 is 28.0 Å². The molecule has 0 unspecified atom stereocenters. The minimum atomic E-state index is -3.61. The Balaban J connectivity index is 2.29. The SMILES string of the molecule is CCOP(=O)(OCC)C(=C[NH+]1CCOCC1)NC(=O)c1ccc(C)cc1. The second-order valence-corrected chi connectivity index (χ2v) is 7.95. The van der Waals surface area contributed by atoms with Crippen molar-refractivity contribution in [2.45, 2.75) is 20.8 Å². The Kier molecular flexibility index (Phi) is 8.00. The molecular weight excluding hydrogens is 355 g/mol. The van der Waals surface area contributed by atoms with Crippen LogP contribution in [-0.4, -0.2) is 45.4 Å². The summed E-state index contributed by atoms with van der Waals surface area (Å²) in [5.74, 6) is -0.344. The van der Waals surface area contributed by atoms with Crippen LogP contribution >= 0.6 is 7.60 Å². The lowest BCUT2D eigenvalue weighted by molar-refractivity contribution is -0.856. The molecule has 1 amide bonds. The molecule has 1 aliphatic heterocycles. The number of carbonyl (C=O) groups is 1. The van der Waals surface area contributed by atoms with Crippen LogP contribution in [0.5, 0.6) is 0 Å². The lowest BCUT2D eigenvalue weighted by Gasteiger charge is -2.24. The van der Waals surface area contributed by atoms with Crippen molar-refractivity contribution in [3.63, 3.8) is 0 Å². The molecule has 1 fully saturated rings. The molecule has 1 aromatic carbocycles. The van der Waals surface area contributed by atoms with Crippen LogP contribution in [-0.2, 0) is 18.3 Å². The van der Waals surface area contributed by atoms with E-state index < -0.39 is 7.60 Å². The highest BCUT2D eigenvalue weighted by atomic mass is 31.2. The summed E-state index contributed by atoms with van der Waals surface area (Å²) in [4.78, 5) is 13.7. The van der Waals surface area contributed by atoms with E-state index >= 15 is 0 Å². The van der Waals surface area contributed by atoms with E-state index in [4.69, 9.17) is 13.8 Å². The van der Waals surface area contributed by atoms with Gasteiger partial charge in [0, 0.05) is 5.56 Å². The fraction of sp³-hybridized carbons (Fsp3) is 0.500. The van der Waals surface area contributed by atoms with Gasteiger partial charge in [0.2, 0.25) is 0 Å². The average Bonchev–Trinajstić information content (AvgIpc) is 2.63. The minimum Gasteiger partial charge on any atom is -0.370 e. The number of rotatable bonds is 8. The fourth-order valence-corrected chi connectivity index (χ4v) is 4.18. The third kappa shape index (κ3) is 5.76. The zero-order valence-electron chi connectivity index (χ0n) is 15.6. The maximum absolute atomic E-state index is 13.2. The van der Waals surface area contributed by atoms with Gasteiger partial charge in [0.25, 0.3) is 5.91 Å². The molecule has 26 heavy (non-hydrogen) atoms. The summed E-state index contributed by atoms with van der Waals surface area (Å²) >= 11 is 0. The van der Waals surface area contributed by atoms with Gasteiger partial charge in [-0.3, -0.25) is 9.36 Å². The van der Waals surface area contributed by atoms with Crippen LogP contribution in [0.15, 0.2) is 35.9 Å². The van der Waals surface area contributed by atoms with Crippen molar-refractivity contribution in [3.8, 4) is 0 Å². The van der Waals surface area contributed by atoms with E-state index in [1.54, 1.807) is 32.2 Å². The van der Waals surface area contributed by atoms with Crippen molar-refractivity contribution >= 4 is 13.5 Å². The normalized spacial score (nSPS) is 16.5. The van der Waals surface area contributed by atoms with Crippen LogP contribution in [0.3, 0.4) is 0 Å². The second kappa shape index (κ2) is 10.00. The Morgan fingerprint density at radius 2 is 1.77 bits per heavy atom. The van der Waals surface area contributed by atoms with Crippen molar-refractivity contribution in [2.24, 2.45) is 0 Å². The highest BCUT2D eigenvalue weighted by Gasteiger charge is 2.34. The third-order valence-corrected chi connectivity index (χ3v) is 5.95. The zero-order chi connectivity index (χ0) is 19.0. The highest BCUT2D eigenvalue weighted by Crippen LogP contribution is 2.54. The predicted molar refractivity (Wildman–Crippen MR) is 99.1 cm³/mol. The van der Waals surface area contributed by atoms with Crippen LogP contribution in [0.2, 0.25) is 0 Å². The predicted octanol–water partition coefficient (Wildman–Crippen LogP) is 1.70. The largest absolute Gasteiger partial charge is 0.382 e. The summed E-state index contributed by atoms with van der Waals surface area (Å²) in [7, 11) is -3.61. The van der Waals surface area contributed by atoms with Gasteiger partial charge in [-0.25, -0.2) is 0 Å². The molecule has 7 nitrogen and oxygen atoms in total. The van der Waals surface area contributed by atoms with Crippen LogP contribution in [0.25, 0.3) is 0 Å². The summed E-state index contributed by atoms with van der Waals surface area (Å²) in [6.45, 7) is 8.54. The molecule has 1 heterocycles. The van der Waals surface area contributed by atoms with Crippen LogP contribution in [0.1, 0.15) is 29.8 Å². The number of benzene rings is 1. The van der Waals surface area contributed by atoms with E-state index in [0.29, 0.717) is 18.8 Å². The van der Waals surface area contributed by atoms with Gasteiger partial charge < -0.3 is 24.0 Å². The van der Waals surface area contributed by atoms with Gasteiger partial charge in [0.15, 0.2) is 5.44 Å². The lowest BCUT2D eigenvalue weighted by Crippen LogP contribution is -3.10. The molecule has 2 rings (SSSR count). The fourth-order valence-electron chi connectivity index (χ4n) is 2.56. The minimum absolute atomic E-state index is 0.184. The number of amides is 1. The maximum Gasteiger partial charge on any atom is 0.382 e. The number of hydrogen-bond donors (Lipinski definition) is 2. The summed E-state index contributed by atoms with van der Waals surface area (Å²) < 4.78 is 29.5. The number of quaternary nitrogens is 1. The highest BCUT2D eigenvalue weighted by molar-refractivity contribution is 7.58. The molecule has 144 valence electrons. The van der Waals surface area contributed by atoms with Crippen molar-refractivity contribution in [2.75, 3.05) is 39.5 Å². The first kappa shape index (κ1) is 20.8. The zero-order valence-corrected chi connectivity index (χ0v) is 16.5. The second-order valence-electron chi connectivity index (χ2n) is 5.95. The van der Waals surface area contributed by atoms with E-state index in [-0.39, 0.29) is 24.6 Å². The summed E-state index contributed by atoms with van der Waals surface area (Å²) in [5.41, 5.74) is 1.73. The number of aryl methyl sites for hydroxylation is 1. The molecule has 1 aliphatic rings. The quantitative estimate of drug-likeness (QED) is 0.668. The number of nitrogens with one attached hydrogen (secondary N) is 2. The van der Waals surface area contributed by atoms with Gasteiger partial charge in [-0.1, -0.05) is 17.7 Å². The van der Waals surface area contributed by atoms with Gasteiger partial charge in [0.05, 0.1) is 26.4 Å². The Bertz CT molecular complexity index is 659. The third-order valence-electron chi connectivity index (χ3n) is 3.92. The molecule has 8 heteroatoms. The maximum atomic E-state index is 13.2. The lowest BCUT2D eigenvalue weighted by atomic mass is 10.1. The number of ether oxygens (including phenoxy) is 1. The van der Waals surface area contributed by atoms with Gasteiger partial charge in [-0.2, -0.15) is 0 Å². The summed E-state index contributed by atoms with van der Waals surface area (Å²) in [6, 6.07) is 7.18. The van der Waals surface area contributed by atoms with Crippen LogP contribution < -0.4 is 10.2 Å².